The summed E-state index contributed by atoms with van der Waals surface area (Å²) in [6, 6.07) is 0. The van der Waals surface area contributed by atoms with Crippen LogP contribution in [-0.4, -0.2) is 32.3 Å². The highest BCUT2D eigenvalue weighted by molar-refractivity contribution is 7.16. The van der Waals surface area contributed by atoms with E-state index in [0.717, 1.165) is 28.6 Å². The molecule has 0 spiro atoms. The number of carbonyl (C=O) groups is 1. The Balaban J connectivity index is 1.88. The molecule has 7 heteroatoms. The lowest BCUT2D eigenvalue weighted by atomic mass is 10.3. The minimum Gasteiger partial charge on any atom is -0.356 e. The molecule has 17 heavy (non-hydrogen) atoms. The normalized spacial score (nSPS) is 10.9. The molecule has 0 saturated heterocycles. The van der Waals surface area contributed by atoms with Gasteiger partial charge >= 0.3 is 0 Å². The predicted octanol–water partition coefficient (Wildman–Crippen LogP) is 0.953. The molecule has 0 fully saturated rings. The maximum absolute atomic E-state index is 11.3. The number of aromatic nitrogens is 4. The van der Waals surface area contributed by atoms with Gasteiger partial charge in [0.1, 0.15) is 5.01 Å². The second-order valence-corrected chi connectivity index (χ2v) is 4.83. The Kier molecular flexibility index (Phi) is 3.68. The molecule has 2 aromatic rings. The van der Waals surface area contributed by atoms with E-state index in [-0.39, 0.29) is 5.91 Å². The van der Waals surface area contributed by atoms with E-state index in [2.05, 4.69) is 20.6 Å². The molecule has 2 heterocycles. The molecule has 6 nitrogen and oxygen atoms in total. The fourth-order valence-electron chi connectivity index (χ4n) is 1.48. The van der Waals surface area contributed by atoms with E-state index >= 15 is 0 Å². The van der Waals surface area contributed by atoms with Crippen LogP contribution in [-0.2, 0) is 11.2 Å². The number of amides is 1. The van der Waals surface area contributed by atoms with Crippen LogP contribution in [0.2, 0.25) is 0 Å². The van der Waals surface area contributed by atoms with E-state index in [1.807, 2.05) is 13.8 Å². The second kappa shape index (κ2) is 5.22. The third kappa shape index (κ3) is 2.79. The maximum atomic E-state index is 11.3. The van der Waals surface area contributed by atoms with E-state index in [1.54, 1.807) is 4.52 Å². The zero-order valence-electron chi connectivity index (χ0n) is 9.93. The lowest BCUT2D eigenvalue weighted by molar-refractivity contribution is -0.121. The summed E-state index contributed by atoms with van der Waals surface area (Å²) in [7, 11) is 0. The third-order valence-corrected chi connectivity index (χ3v) is 3.29. The number of nitrogens with one attached hydrogen (secondary N) is 1. The highest BCUT2D eigenvalue weighted by Gasteiger charge is 2.08. The Labute approximate surface area is 103 Å². The summed E-state index contributed by atoms with van der Waals surface area (Å²) < 4.78 is 1.73. The molecular weight excluding hydrogens is 238 g/mol. The third-order valence-electron chi connectivity index (χ3n) is 2.33. The molecule has 0 unspecified atom stereocenters. The molecular formula is C10H15N5OS. The molecule has 0 bridgehead atoms. The molecule has 2 rings (SSSR count). The summed E-state index contributed by atoms with van der Waals surface area (Å²) in [4.78, 5) is 12.1. The molecule has 0 aliphatic rings. The van der Waals surface area contributed by atoms with Crippen LogP contribution < -0.4 is 5.32 Å². The summed E-state index contributed by atoms with van der Waals surface area (Å²) in [5.74, 6) is 0.893. The minimum atomic E-state index is 0.103. The lowest BCUT2D eigenvalue weighted by Crippen LogP contribution is -2.25. The fourth-order valence-corrected chi connectivity index (χ4v) is 2.36. The van der Waals surface area contributed by atoms with Crippen LogP contribution in [0.25, 0.3) is 4.96 Å². The molecule has 0 aliphatic heterocycles. The number of fused-ring (bicyclic) bond motifs is 1. The van der Waals surface area contributed by atoms with Crippen LogP contribution in [0.3, 0.4) is 0 Å². The first-order valence-electron chi connectivity index (χ1n) is 5.65. The zero-order valence-corrected chi connectivity index (χ0v) is 10.8. The van der Waals surface area contributed by atoms with E-state index in [9.17, 15) is 4.79 Å². The summed E-state index contributed by atoms with van der Waals surface area (Å²) in [5.41, 5.74) is 0. The monoisotopic (exact) mass is 253 g/mol. The van der Waals surface area contributed by atoms with Gasteiger partial charge in [-0.1, -0.05) is 18.3 Å². The van der Waals surface area contributed by atoms with Crippen molar-refractivity contribution < 1.29 is 4.79 Å². The van der Waals surface area contributed by atoms with Crippen LogP contribution in [0.15, 0.2) is 0 Å². The predicted molar refractivity (Wildman–Crippen MR) is 65.0 cm³/mol. The lowest BCUT2D eigenvalue weighted by Gasteiger charge is -2.01. The van der Waals surface area contributed by atoms with Crippen LogP contribution >= 0.6 is 11.3 Å². The Morgan fingerprint density at radius 1 is 1.47 bits per heavy atom. The van der Waals surface area contributed by atoms with Crippen LogP contribution in [0.1, 0.15) is 30.6 Å². The molecule has 1 N–H and O–H groups in total. The average Bonchev–Trinajstić information content (AvgIpc) is 2.82. The highest BCUT2D eigenvalue weighted by Crippen LogP contribution is 2.13. The quantitative estimate of drug-likeness (QED) is 0.861. The summed E-state index contributed by atoms with van der Waals surface area (Å²) in [5, 5.41) is 16.1. The van der Waals surface area contributed by atoms with Gasteiger partial charge in [-0.3, -0.25) is 4.79 Å². The van der Waals surface area contributed by atoms with Gasteiger partial charge in [0.2, 0.25) is 10.9 Å². The molecule has 1 amide bonds. The van der Waals surface area contributed by atoms with E-state index < -0.39 is 0 Å². The van der Waals surface area contributed by atoms with Gasteiger partial charge in [-0.2, -0.15) is 9.61 Å². The van der Waals surface area contributed by atoms with Gasteiger partial charge in [-0.15, -0.1) is 10.2 Å². The van der Waals surface area contributed by atoms with Gasteiger partial charge < -0.3 is 5.32 Å². The van der Waals surface area contributed by atoms with Crippen molar-refractivity contribution in [3.8, 4) is 0 Å². The van der Waals surface area contributed by atoms with E-state index in [0.29, 0.717) is 13.0 Å². The van der Waals surface area contributed by atoms with Crippen molar-refractivity contribution in [2.24, 2.45) is 0 Å². The van der Waals surface area contributed by atoms with Gasteiger partial charge in [0, 0.05) is 19.4 Å². The van der Waals surface area contributed by atoms with Crippen molar-refractivity contribution in [1.29, 1.82) is 0 Å². The average molecular weight is 253 g/mol. The first-order chi connectivity index (χ1) is 8.20. The van der Waals surface area contributed by atoms with Crippen molar-refractivity contribution in [1.82, 2.24) is 25.1 Å². The minimum absolute atomic E-state index is 0.103. The van der Waals surface area contributed by atoms with Gasteiger partial charge in [0.15, 0.2) is 5.82 Å². The number of aryl methyl sites for hydroxylation is 1. The van der Waals surface area contributed by atoms with Gasteiger partial charge in [0.05, 0.1) is 0 Å². The van der Waals surface area contributed by atoms with Crippen molar-refractivity contribution in [2.45, 2.75) is 33.1 Å². The standard InChI is InChI=1S/C10H15N5OS/c1-3-4-8(16)11-6-5-9-14-15-7(2)12-13-10(15)17-9/h3-6H2,1-2H3,(H,11,16). The van der Waals surface area contributed by atoms with Gasteiger partial charge in [0.25, 0.3) is 0 Å². The smallest absolute Gasteiger partial charge is 0.234 e. The maximum Gasteiger partial charge on any atom is 0.234 e. The van der Waals surface area contributed by atoms with Crippen LogP contribution in [0.5, 0.6) is 0 Å². The topological polar surface area (TPSA) is 72.2 Å². The second-order valence-electron chi connectivity index (χ2n) is 3.79. The van der Waals surface area contributed by atoms with Gasteiger partial charge in [-0.05, 0) is 13.3 Å². The molecule has 0 aliphatic carbocycles. The van der Waals surface area contributed by atoms with E-state index in [1.165, 1.54) is 11.3 Å². The molecule has 2 aromatic heterocycles. The van der Waals surface area contributed by atoms with E-state index in [4.69, 9.17) is 0 Å². The van der Waals surface area contributed by atoms with Crippen molar-refractivity contribution in [3.05, 3.63) is 10.8 Å². The highest BCUT2D eigenvalue weighted by atomic mass is 32.1. The number of carbonyl (C=O) groups excluding carboxylic acids is 1. The van der Waals surface area contributed by atoms with Gasteiger partial charge in [-0.25, -0.2) is 0 Å². The summed E-state index contributed by atoms with van der Waals surface area (Å²) in [6.45, 7) is 4.49. The summed E-state index contributed by atoms with van der Waals surface area (Å²) in [6.07, 6.45) is 2.20. The first-order valence-corrected chi connectivity index (χ1v) is 6.46. The van der Waals surface area contributed by atoms with Crippen molar-refractivity contribution >= 4 is 22.2 Å². The largest absolute Gasteiger partial charge is 0.356 e. The summed E-state index contributed by atoms with van der Waals surface area (Å²) >= 11 is 1.51. The Hall–Kier alpha value is -1.50. The van der Waals surface area contributed by atoms with Crippen LogP contribution in [0.4, 0.5) is 0 Å². The first kappa shape index (κ1) is 12.0. The Morgan fingerprint density at radius 2 is 2.29 bits per heavy atom. The Morgan fingerprint density at radius 3 is 3.00 bits per heavy atom. The van der Waals surface area contributed by atoms with Crippen LogP contribution in [0, 0.1) is 6.92 Å². The number of hydrogen-bond donors (Lipinski definition) is 1. The molecule has 0 saturated carbocycles. The SMILES string of the molecule is CCCC(=O)NCCc1nn2c(C)nnc2s1. The molecule has 0 atom stereocenters. The number of nitrogens with zero attached hydrogens (tertiary/aromatic N) is 4. The molecule has 92 valence electrons. The van der Waals surface area contributed by atoms with Crippen molar-refractivity contribution in [3.63, 3.8) is 0 Å². The Bertz CT molecular complexity index is 518. The molecule has 0 aromatic carbocycles. The fraction of sp³-hybridized carbons (Fsp3) is 0.600. The number of hydrogen-bond acceptors (Lipinski definition) is 5. The zero-order chi connectivity index (χ0) is 12.3. The number of rotatable bonds is 5. The molecule has 0 radical (unpaired) electrons. The van der Waals surface area contributed by atoms with Crippen molar-refractivity contribution in [2.75, 3.05) is 6.54 Å².